The molecule has 1 aromatic carbocycles. The Balaban J connectivity index is 1.41. The zero-order valence-electron chi connectivity index (χ0n) is 13.6. The van der Waals surface area contributed by atoms with Crippen molar-refractivity contribution in [1.29, 1.82) is 0 Å². The maximum Gasteiger partial charge on any atom is 0.236 e. The lowest BCUT2D eigenvalue weighted by molar-refractivity contribution is -0.113. The van der Waals surface area contributed by atoms with Crippen LogP contribution in [-0.4, -0.2) is 31.2 Å². The molecule has 3 heterocycles. The molecule has 0 spiro atoms. The van der Waals surface area contributed by atoms with Crippen LogP contribution in [-0.2, 0) is 4.79 Å². The monoisotopic (exact) mass is 403 g/mol. The van der Waals surface area contributed by atoms with Crippen LogP contribution in [0.3, 0.4) is 0 Å². The molecule has 0 aliphatic heterocycles. The molecule has 6 nitrogen and oxygen atoms in total. The largest absolute Gasteiger partial charge is 0.301 e. The Morgan fingerprint density at radius 3 is 3.00 bits per heavy atom. The van der Waals surface area contributed by atoms with Crippen molar-refractivity contribution >= 4 is 39.8 Å². The topological polar surface area (TPSA) is 72.2 Å². The second-order valence-corrected chi connectivity index (χ2v) is 7.21. The molecule has 0 fully saturated rings. The number of rotatable bonds is 5. The van der Waals surface area contributed by atoms with Gasteiger partial charge in [-0.15, -0.1) is 21.5 Å². The third-order valence-electron chi connectivity index (χ3n) is 3.57. The van der Waals surface area contributed by atoms with Gasteiger partial charge < -0.3 is 5.32 Å². The molecule has 136 valence electrons. The molecule has 4 aromatic rings. The van der Waals surface area contributed by atoms with Gasteiger partial charge in [-0.3, -0.25) is 9.20 Å². The first-order chi connectivity index (χ1) is 13.1. The number of thioether (sulfide) groups is 1. The zero-order valence-corrected chi connectivity index (χ0v) is 15.2. The van der Waals surface area contributed by atoms with Gasteiger partial charge in [-0.05, 0) is 30.3 Å². The quantitative estimate of drug-likeness (QED) is 0.512. The molecule has 4 rings (SSSR count). The Hall–Kier alpha value is -2.85. The highest BCUT2D eigenvalue weighted by molar-refractivity contribution is 7.99. The van der Waals surface area contributed by atoms with Gasteiger partial charge in [0, 0.05) is 17.1 Å². The normalized spacial score (nSPS) is 11.0. The van der Waals surface area contributed by atoms with E-state index >= 15 is 0 Å². The first-order valence-electron chi connectivity index (χ1n) is 7.73. The lowest BCUT2D eigenvalue weighted by Crippen LogP contribution is -2.14. The van der Waals surface area contributed by atoms with Crippen LogP contribution in [0, 0.1) is 11.6 Å². The van der Waals surface area contributed by atoms with Crippen LogP contribution < -0.4 is 5.32 Å². The highest BCUT2D eigenvalue weighted by Crippen LogP contribution is 2.28. The van der Waals surface area contributed by atoms with E-state index in [1.54, 1.807) is 9.78 Å². The third kappa shape index (κ3) is 3.81. The first kappa shape index (κ1) is 17.6. The van der Waals surface area contributed by atoms with Crippen molar-refractivity contribution in [3.05, 3.63) is 59.6 Å². The van der Waals surface area contributed by atoms with Gasteiger partial charge in [0.05, 0.1) is 11.4 Å². The number of hydrogen-bond acceptors (Lipinski definition) is 6. The number of halogens is 2. The fourth-order valence-electron chi connectivity index (χ4n) is 2.35. The summed E-state index contributed by atoms with van der Waals surface area (Å²) in [5.74, 6) is -1.30. The number of carbonyl (C=O) groups excluding carboxylic acids is 1. The second kappa shape index (κ2) is 7.41. The van der Waals surface area contributed by atoms with E-state index in [1.807, 2.05) is 24.4 Å². The van der Waals surface area contributed by atoms with Gasteiger partial charge in [-0.2, -0.15) is 0 Å². The number of benzene rings is 1. The van der Waals surface area contributed by atoms with E-state index in [-0.39, 0.29) is 22.9 Å². The van der Waals surface area contributed by atoms with E-state index in [1.165, 1.54) is 11.8 Å². The summed E-state index contributed by atoms with van der Waals surface area (Å²) in [6, 6.07) is 8.68. The number of anilines is 1. The SMILES string of the molecule is O=C(CSc1nnc2ccccn12)Nc1nc(-c2cc(F)ccc2F)cs1. The lowest BCUT2D eigenvalue weighted by Gasteiger charge is -2.02. The van der Waals surface area contributed by atoms with E-state index in [4.69, 9.17) is 0 Å². The molecule has 0 saturated heterocycles. The number of fused-ring (bicyclic) bond motifs is 1. The van der Waals surface area contributed by atoms with Crippen LogP contribution in [0.4, 0.5) is 13.9 Å². The second-order valence-electron chi connectivity index (χ2n) is 5.41. The number of carbonyl (C=O) groups is 1. The Morgan fingerprint density at radius 2 is 2.11 bits per heavy atom. The molecule has 1 N–H and O–H groups in total. The molecule has 1 amide bonds. The van der Waals surface area contributed by atoms with Gasteiger partial charge in [-0.25, -0.2) is 13.8 Å². The van der Waals surface area contributed by atoms with Crippen LogP contribution in [0.2, 0.25) is 0 Å². The Morgan fingerprint density at radius 1 is 1.22 bits per heavy atom. The van der Waals surface area contributed by atoms with Crippen LogP contribution in [0.25, 0.3) is 16.9 Å². The number of nitrogens with zero attached hydrogens (tertiary/aromatic N) is 4. The van der Waals surface area contributed by atoms with Gasteiger partial charge in [0.1, 0.15) is 11.6 Å². The average Bonchev–Trinajstić information content (AvgIpc) is 3.29. The minimum Gasteiger partial charge on any atom is -0.301 e. The molecule has 0 aliphatic carbocycles. The minimum atomic E-state index is -0.575. The smallest absolute Gasteiger partial charge is 0.236 e. The standard InChI is InChI=1S/C17H11F2N5OS2/c18-10-4-5-12(19)11(7-10)13-8-26-16(20-13)21-15(25)9-27-17-23-22-14-3-1-2-6-24(14)17/h1-8H,9H2,(H,20,21,25). The molecule has 0 bridgehead atoms. The van der Waals surface area contributed by atoms with E-state index in [0.717, 1.165) is 29.5 Å². The average molecular weight is 403 g/mol. The first-order valence-corrected chi connectivity index (χ1v) is 9.60. The Labute approximate surface area is 160 Å². The number of thiazole rings is 1. The van der Waals surface area contributed by atoms with Crippen LogP contribution >= 0.6 is 23.1 Å². The molecule has 3 aromatic heterocycles. The fraction of sp³-hybridized carbons (Fsp3) is 0.0588. The molecular formula is C17H11F2N5OS2. The number of amides is 1. The molecule has 0 aliphatic rings. The summed E-state index contributed by atoms with van der Waals surface area (Å²) in [6.45, 7) is 0. The van der Waals surface area contributed by atoms with Crippen LogP contribution in [0.1, 0.15) is 0 Å². The summed E-state index contributed by atoms with van der Waals surface area (Å²) in [5, 5.41) is 13.2. The minimum absolute atomic E-state index is 0.0519. The van der Waals surface area contributed by atoms with E-state index in [2.05, 4.69) is 20.5 Å². The highest BCUT2D eigenvalue weighted by Gasteiger charge is 2.13. The Bertz CT molecular complexity index is 1130. The predicted octanol–water partition coefficient (Wildman–Crippen LogP) is 3.86. The zero-order chi connectivity index (χ0) is 18.8. The Kier molecular flexibility index (Phi) is 4.82. The summed E-state index contributed by atoms with van der Waals surface area (Å²) in [6.07, 6.45) is 1.82. The summed E-state index contributed by atoms with van der Waals surface area (Å²) < 4.78 is 28.9. The third-order valence-corrected chi connectivity index (χ3v) is 5.27. The predicted molar refractivity (Wildman–Crippen MR) is 99.8 cm³/mol. The molecule has 27 heavy (non-hydrogen) atoms. The summed E-state index contributed by atoms with van der Waals surface area (Å²) in [5.41, 5.74) is 1.02. The van der Waals surface area contributed by atoms with Crippen LogP contribution in [0.5, 0.6) is 0 Å². The van der Waals surface area contributed by atoms with Crippen molar-refractivity contribution in [3.63, 3.8) is 0 Å². The number of aromatic nitrogens is 4. The van der Waals surface area contributed by atoms with Crippen molar-refractivity contribution in [2.45, 2.75) is 5.16 Å². The molecule has 0 unspecified atom stereocenters. The van der Waals surface area contributed by atoms with E-state index in [9.17, 15) is 13.6 Å². The molecule has 0 atom stereocenters. The van der Waals surface area contributed by atoms with Crippen molar-refractivity contribution in [1.82, 2.24) is 19.6 Å². The summed E-state index contributed by atoms with van der Waals surface area (Å²) in [4.78, 5) is 16.3. The molecule has 0 saturated carbocycles. The van der Waals surface area contributed by atoms with Crippen molar-refractivity contribution in [3.8, 4) is 11.3 Å². The highest BCUT2D eigenvalue weighted by atomic mass is 32.2. The van der Waals surface area contributed by atoms with Gasteiger partial charge in [0.25, 0.3) is 0 Å². The maximum atomic E-state index is 13.8. The van der Waals surface area contributed by atoms with Gasteiger partial charge in [0.2, 0.25) is 5.91 Å². The maximum absolute atomic E-state index is 13.8. The molecule has 0 radical (unpaired) electrons. The van der Waals surface area contributed by atoms with Crippen molar-refractivity contribution in [2.75, 3.05) is 11.1 Å². The van der Waals surface area contributed by atoms with Crippen LogP contribution in [0.15, 0.2) is 53.1 Å². The fourth-order valence-corrected chi connectivity index (χ4v) is 3.80. The van der Waals surface area contributed by atoms with Crippen molar-refractivity contribution in [2.24, 2.45) is 0 Å². The molecule has 10 heteroatoms. The van der Waals surface area contributed by atoms with Crippen molar-refractivity contribution < 1.29 is 13.6 Å². The van der Waals surface area contributed by atoms with E-state index < -0.39 is 11.6 Å². The number of pyridine rings is 1. The van der Waals surface area contributed by atoms with Gasteiger partial charge in [0.15, 0.2) is 15.9 Å². The van der Waals surface area contributed by atoms with Gasteiger partial charge in [-0.1, -0.05) is 17.8 Å². The van der Waals surface area contributed by atoms with Gasteiger partial charge >= 0.3 is 0 Å². The number of nitrogens with one attached hydrogen (secondary N) is 1. The van der Waals surface area contributed by atoms with E-state index in [0.29, 0.717) is 15.9 Å². The summed E-state index contributed by atoms with van der Waals surface area (Å²) in [7, 11) is 0. The summed E-state index contributed by atoms with van der Waals surface area (Å²) >= 11 is 2.37. The molecular weight excluding hydrogens is 392 g/mol. The lowest BCUT2D eigenvalue weighted by atomic mass is 10.1. The number of hydrogen-bond donors (Lipinski definition) is 1.